The fraction of sp³-hybridized carbons (Fsp3) is 0.545. The smallest absolute Gasteiger partial charge is 0.374 e. The lowest BCUT2D eigenvalue weighted by Crippen LogP contribution is -2.43. The number of nitrogens with zero attached hydrogens (tertiary/aromatic N) is 1. The van der Waals surface area contributed by atoms with Crippen LogP contribution in [0.3, 0.4) is 0 Å². The van der Waals surface area contributed by atoms with Crippen LogP contribution in [0.2, 0.25) is 0 Å². The molecule has 0 aliphatic heterocycles. The van der Waals surface area contributed by atoms with Crippen LogP contribution in [0.15, 0.2) is 10.6 Å². The fourth-order valence-corrected chi connectivity index (χ4v) is 2.10. The molecule has 2 rings (SSSR count). The van der Waals surface area contributed by atoms with Gasteiger partial charge >= 0.3 is 5.97 Å². The van der Waals surface area contributed by atoms with Crippen molar-refractivity contribution < 1.29 is 19.2 Å². The number of carboxylic acid groups (broad SMARTS) is 1. The number of rotatable bonds is 3. The number of amides is 1. The van der Waals surface area contributed by atoms with E-state index in [2.05, 4.69) is 15.0 Å². The Kier molecular flexibility index (Phi) is 2.87. The molecule has 0 bridgehead atoms. The highest BCUT2D eigenvalue weighted by Gasteiger charge is 2.31. The highest BCUT2D eigenvalue weighted by atomic mass is 16.5. The topological polar surface area (TPSA) is 92.4 Å². The lowest BCUT2D eigenvalue weighted by atomic mass is 10.0. The second-order valence-corrected chi connectivity index (χ2v) is 4.60. The Morgan fingerprint density at radius 1 is 1.47 bits per heavy atom. The van der Waals surface area contributed by atoms with E-state index in [-0.39, 0.29) is 22.9 Å². The number of hydrogen-bond acceptors (Lipinski definition) is 4. The van der Waals surface area contributed by atoms with E-state index in [0.717, 1.165) is 31.7 Å². The SMILES string of the molecule is CC1(NC(=O)c2cc(C(=O)O)on2)CCCC1. The van der Waals surface area contributed by atoms with E-state index in [4.69, 9.17) is 5.11 Å². The third-order valence-electron chi connectivity index (χ3n) is 3.08. The van der Waals surface area contributed by atoms with Crippen LogP contribution < -0.4 is 5.32 Å². The number of carboxylic acids is 1. The second-order valence-electron chi connectivity index (χ2n) is 4.60. The van der Waals surface area contributed by atoms with E-state index in [1.165, 1.54) is 0 Å². The fourth-order valence-electron chi connectivity index (χ4n) is 2.10. The molecule has 0 spiro atoms. The summed E-state index contributed by atoms with van der Waals surface area (Å²) >= 11 is 0. The highest BCUT2D eigenvalue weighted by molar-refractivity contribution is 5.95. The van der Waals surface area contributed by atoms with E-state index in [9.17, 15) is 9.59 Å². The molecule has 0 radical (unpaired) electrons. The molecule has 2 N–H and O–H groups in total. The van der Waals surface area contributed by atoms with Crippen LogP contribution in [-0.4, -0.2) is 27.7 Å². The van der Waals surface area contributed by atoms with Crippen LogP contribution in [0.25, 0.3) is 0 Å². The first-order chi connectivity index (χ1) is 8.00. The standard InChI is InChI=1S/C11H14N2O4/c1-11(4-2-3-5-11)12-9(14)7-6-8(10(15)16)17-13-7/h6H,2-5H2,1H3,(H,12,14)(H,15,16). The summed E-state index contributed by atoms with van der Waals surface area (Å²) in [4.78, 5) is 22.4. The third kappa shape index (κ3) is 2.46. The lowest BCUT2D eigenvalue weighted by molar-refractivity contribution is 0.0650. The van der Waals surface area contributed by atoms with Crippen molar-refractivity contribution in [2.75, 3.05) is 0 Å². The molecule has 0 saturated heterocycles. The summed E-state index contributed by atoms with van der Waals surface area (Å²) in [5.74, 6) is -1.94. The van der Waals surface area contributed by atoms with Crippen molar-refractivity contribution in [1.29, 1.82) is 0 Å². The van der Waals surface area contributed by atoms with Gasteiger partial charge in [-0.05, 0) is 19.8 Å². The van der Waals surface area contributed by atoms with Crippen LogP contribution >= 0.6 is 0 Å². The third-order valence-corrected chi connectivity index (χ3v) is 3.08. The van der Waals surface area contributed by atoms with Gasteiger partial charge in [-0.25, -0.2) is 4.79 Å². The summed E-state index contributed by atoms with van der Waals surface area (Å²) in [6, 6.07) is 1.13. The van der Waals surface area contributed by atoms with Crippen molar-refractivity contribution >= 4 is 11.9 Å². The van der Waals surface area contributed by atoms with Gasteiger partial charge in [-0.15, -0.1) is 0 Å². The Balaban J connectivity index is 2.06. The van der Waals surface area contributed by atoms with Gasteiger partial charge in [-0.2, -0.15) is 0 Å². The van der Waals surface area contributed by atoms with Crippen molar-refractivity contribution in [1.82, 2.24) is 10.5 Å². The molecular formula is C11H14N2O4. The average Bonchev–Trinajstić information content (AvgIpc) is 2.86. The van der Waals surface area contributed by atoms with E-state index in [1.54, 1.807) is 0 Å². The zero-order valence-corrected chi connectivity index (χ0v) is 9.52. The van der Waals surface area contributed by atoms with Crippen molar-refractivity contribution in [3.05, 3.63) is 17.5 Å². The van der Waals surface area contributed by atoms with E-state index < -0.39 is 5.97 Å². The first-order valence-electron chi connectivity index (χ1n) is 5.53. The molecule has 1 aromatic heterocycles. The molecule has 1 heterocycles. The molecule has 1 amide bonds. The van der Waals surface area contributed by atoms with Crippen LogP contribution in [0, 0.1) is 0 Å². The molecule has 1 aromatic rings. The van der Waals surface area contributed by atoms with Crippen molar-refractivity contribution in [3.8, 4) is 0 Å². The Labute approximate surface area is 98.0 Å². The van der Waals surface area contributed by atoms with E-state index in [1.807, 2.05) is 6.92 Å². The average molecular weight is 238 g/mol. The van der Waals surface area contributed by atoms with Gasteiger partial charge in [0.25, 0.3) is 5.91 Å². The number of aromatic carboxylic acids is 1. The monoisotopic (exact) mass is 238 g/mol. The predicted octanol–water partition coefficient (Wildman–Crippen LogP) is 1.44. The summed E-state index contributed by atoms with van der Waals surface area (Å²) in [6.45, 7) is 1.98. The van der Waals surface area contributed by atoms with Crippen molar-refractivity contribution in [2.45, 2.75) is 38.1 Å². The van der Waals surface area contributed by atoms with Crippen molar-refractivity contribution in [3.63, 3.8) is 0 Å². The lowest BCUT2D eigenvalue weighted by Gasteiger charge is -2.24. The van der Waals surface area contributed by atoms with Gasteiger partial charge in [0.2, 0.25) is 5.76 Å². The summed E-state index contributed by atoms with van der Waals surface area (Å²) in [7, 11) is 0. The largest absolute Gasteiger partial charge is 0.475 e. The Hall–Kier alpha value is -1.85. The van der Waals surface area contributed by atoms with E-state index in [0.29, 0.717) is 0 Å². The molecule has 1 aliphatic carbocycles. The minimum absolute atomic E-state index is 0.00975. The van der Waals surface area contributed by atoms with Gasteiger partial charge in [-0.3, -0.25) is 4.79 Å². The maximum atomic E-state index is 11.8. The molecule has 17 heavy (non-hydrogen) atoms. The maximum Gasteiger partial charge on any atom is 0.374 e. The number of hydrogen-bond donors (Lipinski definition) is 2. The molecule has 6 nitrogen and oxygen atoms in total. The summed E-state index contributed by atoms with van der Waals surface area (Å²) in [5.41, 5.74) is -0.199. The van der Waals surface area contributed by atoms with Gasteiger partial charge in [0, 0.05) is 11.6 Å². The highest BCUT2D eigenvalue weighted by Crippen LogP contribution is 2.29. The quantitative estimate of drug-likeness (QED) is 0.831. The number of nitrogens with one attached hydrogen (secondary N) is 1. The molecule has 0 aromatic carbocycles. The number of carbonyl (C=O) groups excluding carboxylic acids is 1. The summed E-state index contributed by atoms with van der Waals surface area (Å²) in [6.07, 6.45) is 4.05. The number of carbonyl (C=O) groups is 2. The van der Waals surface area contributed by atoms with Crippen molar-refractivity contribution in [2.24, 2.45) is 0 Å². The van der Waals surface area contributed by atoms with Crippen LogP contribution in [-0.2, 0) is 0 Å². The van der Waals surface area contributed by atoms with Gasteiger partial charge in [0.05, 0.1) is 0 Å². The summed E-state index contributed by atoms with van der Waals surface area (Å²) < 4.78 is 4.53. The normalized spacial score (nSPS) is 17.9. The Morgan fingerprint density at radius 2 is 2.12 bits per heavy atom. The van der Waals surface area contributed by atoms with Crippen LogP contribution in [0.4, 0.5) is 0 Å². The first kappa shape index (κ1) is 11.6. The van der Waals surface area contributed by atoms with Gasteiger partial charge < -0.3 is 14.9 Å². The molecule has 1 saturated carbocycles. The molecule has 1 aliphatic rings. The van der Waals surface area contributed by atoms with Crippen LogP contribution in [0.5, 0.6) is 0 Å². The Bertz CT molecular complexity index is 446. The summed E-state index contributed by atoms with van der Waals surface area (Å²) in [5, 5.41) is 15.0. The molecular weight excluding hydrogens is 224 g/mol. The van der Waals surface area contributed by atoms with Gasteiger partial charge in [0.15, 0.2) is 5.69 Å². The van der Waals surface area contributed by atoms with Gasteiger partial charge in [0.1, 0.15) is 0 Å². The molecule has 0 unspecified atom stereocenters. The van der Waals surface area contributed by atoms with E-state index >= 15 is 0 Å². The minimum Gasteiger partial charge on any atom is -0.475 e. The number of aromatic nitrogens is 1. The molecule has 0 atom stereocenters. The zero-order valence-electron chi connectivity index (χ0n) is 9.52. The zero-order chi connectivity index (χ0) is 12.5. The Morgan fingerprint density at radius 3 is 2.65 bits per heavy atom. The first-order valence-corrected chi connectivity index (χ1v) is 5.53. The predicted molar refractivity (Wildman–Crippen MR) is 57.8 cm³/mol. The maximum absolute atomic E-state index is 11.8. The minimum atomic E-state index is -1.23. The molecule has 6 heteroatoms. The van der Waals surface area contributed by atoms with Crippen LogP contribution in [0.1, 0.15) is 53.7 Å². The molecule has 92 valence electrons. The van der Waals surface area contributed by atoms with Gasteiger partial charge in [-0.1, -0.05) is 18.0 Å². The molecule has 1 fully saturated rings. The second kappa shape index (κ2) is 4.20.